The van der Waals surface area contributed by atoms with Crippen LogP contribution in [0.1, 0.15) is 5.69 Å². The van der Waals surface area contributed by atoms with E-state index in [0.29, 0.717) is 59.9 Å². The van der Waals surface area contributed by atoms with Crippen LogP contribution in [0.3, 0.4) is 0 Å². The molecule has 1 amide bonds. The van der Waals surface area contributed by atoms with Gasteiger partial charge in [-0.3, -0.25) is 0 Å². The third-order valence-electron chi connectivity index (χ3n) is 5.72. The predicted octanol–water partition coefficient (Wildman–Crippen LogP) is 3.44. The Hall–Kier alpha value is -3.36. The molecule has 1 aromatic carbocycles. The minimum atomic E-state index is -0.522. The fourth-order valence-electron chi connectivity index (χ4n) is 4.19. The minimum absolute atomic E-state index is 0.264. The van der Waals surface area contributed by atoms with Crippen LogP contribution in [0, 0.1) is 11.6 Å². The lowest BCUT2D eigenvalue weighted by Crippen LogP contribution is -2.46. The topological polar surface area (TPSA) is 82.1 Å². The first-order chi connectivity index (χ1) is 16.4. The highest BCUT2D eigenvalue weighted by molar-refractivity contribution is 7.28. The molecule has 34 heavy (non-hydrogen) atoms. The van der Waals surface area contributed by atoms with Crippen molar-refractivity contribution in [1.29, 1.82) is 0 Å². The average molecular weight is 486 g/mol. The van der Waals surface area contributed by atoms with Crippen molar-refractivity contribution in [3.63, 3.8) is 0 Å². The number of aromatic nitrogens is 3. The van der Waals surface area contributed by atoms with Gasteiger partial charge in [-0.05, 0) is 23.5 Å². The van der Waals surface area contributed by atoms with Gasteiger partial charge in [0.1, 0.15) is 23.5 Å². The second kappa shape index (κ2) is 9.12. The van der Waals surface area contributed by atoms with Crippen LogP contribution in [-0.2, 0) is 15.9 Å². The number of morpholine rings is 1. The molecule has 0 radical (unpaired) electrons. The van der Waals surface area contributed by atoms with E-state index in [9.17, 15) is 9.18 Å². The lowest BCUT2D eigenvalue weighted by molar-refractivity contribution is -0.0241. The van der Waals surface area contributed by atoms with Gasteiger partial charge in [-0.25, -0.2) is 23.5 Å². The molecule has 2 unspecified atom stereocenters. The summed E-state index contributed by atoms with van der Waals surface area (Å²) in [5.74, 6) is -0.677. The van der Waals surface area contributed by atoms with Gasteiger partial charge in [-0.2, -0.15) is 0 Å². The Labute approximate surface area is 195 Å². The van der Waals surface area contributed by atoms with Crippen molar-refractivity contribution >= 4 is 26.3 Å². The molecule has 4 aromatic rings. The van der Waals surface area contributed by atoms with E-state index in [-0.39, 0.29) is 11.7 Å². The number of methoxy groups -OCH3 is 1. The Kier molecular flexibility index (Phi) is 6.02. The van der Waals surface area contributed by atoms with E-state index in [2.05, 4.69) is 19.2 Å². The zero-order valence-corrected chi connectivity index (χ0v) is 19.4. The molecule has 2 atom stereocenters. The van der Waals surface area contributed by atoms with Gasteiger partial charge in [0.15, 0.2) is 0 Å². The lowest BCUT2D eigenvalue weighted by Gasteiger charge is -2.32. The second-order valence-corrected chi connectivity index (χ2v) is 8.47. The molecule has 5 rings (SSSR count). The van der Waals surface area contributed by atoms with Crippen molar-refractivity contribution in [3.05, 3.63) is 60.3 Å². The van der Waals surface area contributed by atoms with Crippen LogP contribution in [0.4, 0.5) is 13.6 Å². The summed E-state index contributed by atoms with van der Waals surface area (Å²) in [6, 6.07) is 5.67. The largest absolute Gasteiger partial charge is 0.453 e. The van der Waals surface area contributed by atoms with Crippen LogP contribution < -0.4 is 5.30 Å². The molecule has 176 valence electrons. The fraction of sp³-hybridized carbons (Fsp3) is 0.261. The van der Waals surface area contributed by atoms with Gasteiger partial charge in [-0.15, -0.1) is 9.24 Å². The summed E-state index contributed by atoms with van der Waals surface area (Å²) < 4.78 is 47.1. The number of pyridine rings is 1. The molecule has 0 saturated carbocycles. The Morgan fingerprint density at radius 2 is 2.18 bits per heavy atom. The molecule has 11 heteroatoms. The zero-order chi connectivity index (χ0) is 23.8. The molecule has 0 aliphatic carbocycles. The fourth-order valence-corrected chi connectivity index (χ4v) is 4.64. The summed E-state index contributed by atoms with van der Waals surface area (Å²) in [6.07, 6.45) is 3.97. The highest BCUT2D eigenvalue weighted by Gasteiger charge is 2.28. The number of nitrogens with zero attached hydrogens (tertiary/aromatic N) is 4. The Bertz CT molecular complexity index is 1340. The van der Waals surface area contributed by atoms with Gasteiger partial charge in [0, 0.05) is 36.4 Å². The quantitative estimate of drug-likeness (QED) is 0.411. The number of amides is 1. The first-order valence-corrected chi connectivity index (χ1v) is 11.1. The maximum Gasteiger partial charge on any atom is 0.409 e. The molecule has 0 N–H and O–H groups in total. The molecule has 3 aromatic heterocycles. The minimum Gasteiger partial charge on any atom is -0.453 e. The summed E-state index contributed by atoms with van der Waals surface area (Å²) in [7, 11) is 3.85. The summed E-state index contributed by atoms with van der Waals surface area (Å²) >= 11 is 0. The highest BCUT2D eigenvalue weighted by atomic mass is 31.0. The molecular weight excluding hydrogens is 465 g/mol. The number of fused-ring (bicyclic) bond motifs is 1. The van der Waals surface area contributed by atoms with E-state index >= 15 is 4.39 Å². The van der Waals surface area contributed by atoms with Gasteiger partial charge in [0.05, 0.1) is 44.0 Å². The number of carbonyl (C=O) groups is 1. The van der Waals surface area contributed by atoms with E-state index < -0.39 is 17.7 Å². The average Bonchev–Trinajstić information content (AvgIpc) is 3.47. The third kappa shape index (κ3) is 4.15. The zero-order valence-electron chi connectivity index (χ0n) is 18.2. The predicted molar refractivity (Wildman–Crippen MR) is 123 cm³/mol. The van der Waals surface area contributed by atoms with Gasteiger partial charge in [0.2, 0.25) is 5.89 Å². The normalized spacial score (nSPS) is 16.2. The van der Waals surface area contributed by atoms with E-state index in [1.807, 2.05) is 0 Å². The van der Waals surface area contributed by atoms with Crippen LogP contribution >= 0.6 is 9.24 Å². The van der Waals surface area contributed by atoms with Crippen molar-refractivity contribution in [1.82, 2.24) is 19.3 Å². The first kappa shape index (κ1) is 22.4. The second-order valence-electron chi connectivity index (χ2n) is 7.85. The van der Waals surface area contributed by atoms with Crippen molar-refractivity contribution in [2.24, 2.45) is 0 Å². The number of imidazole rings is 1. The summed E-state index contributed by atoms with van der Waals surface area (Å²) in [5.41, 5.74) is 2.09. The molecule has 1 fully saturated rings. The van der Waals surface area contributed by atoms with Gasteiger partial charge >= 0.3 is 6.09 Å². The van der Waals surface area contributed by atoms with E-state index in [1.165, 1.54) is 37.8 Å². The molecule has 1 aliphatic rings. The number of hydrogen-bond donors (Lipinski definition) is 0. The van der Waals surface area contributed by atoms with Crippen molar-refractivity contribution in [2.75, 3.05) is 26.8 Å². The lowest BCUT2D eigenvalue weighted by atomic mass is 10.0. The van der Waals surface area contributed by atoms with E-state index in [0.717, 1.165) is 0 Å². The third-order valence-corrected chi connectivity index (χ3v) is 6.17. The Morgan fingerprint density at radius 1 is 1.32 bits per heavy atom. The standard InChI is InChI=1S/C23H21F2N4O4P/c1-31-23(30)28-5-7-32-15(12-28)11-17-21(27-19-10-14(24)2-4-29(17)19)20-16(25)8-13(9-18(20)34)22-26-3-6-33-22/h2-4,6,8-10,15H,5,7,11-12,34H2,1H3. The first-order valence-electron chi connectivity index (χ1n) is 10.5. The van der Waals surface area contributed by atoms with Crippen LogP contribution in [0.5, 0.6) is 0 Å². The smallest absolute Gasteiger partial charge is 0.409 e. The monoisotopic (exact) mass is 486 g/mol. The molecule has 1 saturated heterocycles. The maximum absolute atomic E-state index is 15.5. The van der Waals surface area contributed by atoms with E-state index in [4.69, 9.17) is 13.9 Å². The number of halogens is 2. The molecule has 0 spiro atoms. The summed E-state index contributed by atoms with van der Waals surface area (Å²) in [6.45, 7) is 1.06. The molecule has 0 bridgehead atoms. The highest BCUT2D eigenvalue weighted by Crippen LogP contribution is 2.31. The van der Waals surface area contributed by atoms with Gasteiger partial charge in [0.25, 0.3) is 0 Å². The Morgan fingerprint density at radius 3 is 2.91 bits per heavy atom. The van der Waals surface area contributed by atoms with Crippen LogP contribution in [-0.4, -0.2) is 58.3 Å². The molecule has 4 heterocycles. The van der Waals surface area contributed by atoms with Crippen LogP contribution in [0.25, 0.3) is 28.4 Å². The van der Waals surface area contributed by atoms with Crippen LogP contribution in [0.15, 0.2) is 47.3 Å². The maximum atomic E-state index is 15.5. The van der Waals surface area contributed by atoms with Crippen molar-refractivity contribution in [2.45, 2.75) is 12.5 Å². The SMILES string of the molecule is COC(=O)N1CCOC(Cc2c(-c3c(F)cc(-c4ncco4)cc3P)nc3cc(F)ccn23)C1. The number of benzene rings is 1. The van der Waals surface area contributed by atoms with Crippen LogP contribution in [0.2, 0.25) is 0 Å². The molecule has 1 aliphatic heterocycles. The summed E-state index contributed by atoms with van der Waals surface area (Å²) in [4.78, 5) is 22.2. The number of rotatable bonds is 4. The number of ether oxygens (including phenoxy) is 2. The van der Waals surface area contributed by atoms with Crippen molar-refractivity contribution < 1.29 is 27.5 Å². The molecule has 8 nitrogen and oxygen atoms in total. The number of carbonyl (C=O) groups excluding carboxylic acids is 1. The number of hydrogen-bond acceptors (Lipinski definition) is 6. The van der Waals surface area contributed by atoms with Crippen molar-refractivity contribution in [3.8, 4) is 22.7 Å². The van der Waals surface area contributed by atoms with Gasteiger partial charge < -0.3 is 23.2 Å². The summed E-state index contributed by atoms with van der Waals surface area (Å²) in [5, 5.41) is 0.541. The van der Waals surface area contributed by atoms with Gasteiger partial charge in [-0.1, -0.05) is 0 Å². The van der Waals surface area contributed by atoms with E-state index in [1.54, 1.807) is 21.6 Å². The Balaban J connectivity index is 1.58. The number of oxazole rings is 1. The molecular formula is C23H21F2N4O4P.